The molecule has 0 spiro atoms. The Hall–Kier alpha value is -2.40. The zero-order chi connectivity index (χ0) is 24.6. The van der Waals surface area contributed by atoms with Crippen molar-refractivity contribution in [2.45, 2.75) is 28.8 Å². The third-order valence-electron chi connectivity index (χ3n) is 5.98. The number of likely N-dealkylation sites (tertiary alicyclic amines) is 1. The molecule has 2 aromatic rings. The van der Waals surface area contributed by atoms with E-state index in [0.717, 1.165) is 12.1 Å². The minimum atomic E-state index is -1.94. The van der Waals surface area contributed by atoms with Crippen LogP contribution in [0.2, 0.25) is 0 Å². The number of hydrogen-bond donors (Lipinski definition) is 2. The maximum absolute atomic E-state index is 12.7. The van der Waals surface area contributed by atoms with Gasteiger partial charge in [0.05, 0.1) is 4.92 Å². The molecule has 1 saturated heterocycles. The zero-order valence-electron chi connectivity index (χ0n) is 17.6. The fourth-order valence-electron chi connectivity index (χ4n) is 4.43. The molecule has 3 atom stereocenters. The van der Waals surface area contributed by atoms with Gasteiger partial charge in [-0.3, -0.25) is 19.7 Å². The average Bonchev–Trinajstić information content (AvgIpc) is 2.78. The zero-order valence-corrected chi connectivity index (χ0v) is 20.7. The largest absolute Gasteiger partial charge is 0.348 e. The van der Waals surface area contributed by atoms with Crippen molar-refractivity contribution in [3.05, 3.63) is 74.2 Å². The van der Waals surface area contributed by atoms with Crippen molar-refractivity contribution < 1.29 is 9.72 Å². The third kappa shape index (κ3) is 5.30. The molecule has 3 unspecified atom stereocenters. The lowest BCUT2D eigenvalue weighted by atomic mass is 9.83. The summed E-state index contributed by atoms with van der Waals surface area (Å²) >= 11 is 23.9. The van der Waals surface area contributed by atoms with E-state index < -0.39 is 20.8 Å². The Balaban J connectivity index is 1.46. The second-order valence-corrected chi connectivity index (χ2v) is 11.1. The second kappa shape index (κ2) is 9.69. The number of halogens is 3. The quantitative estimate of drug-likeness (QED) is 0.200. The number of piperidine rings is 1. The Morgan fingerprint density at radius 2 is 1.82 bits per heavy atom. The van der Waals surface area contributed by atoms with Crippen molar-refractivity contribution in [2.24, 2.45) is 5.92 Å². The van der Waals surface area contributed by atoms with Crippen LogP contribution in [-0.4, -0.2) is 48.5 Å². The van der Waals surface area contributed by atoms with E-state index in [0.29, 0.717) is 24.7 Å². The van der Waals surface area contributed by atoms with Gasteiger partial charge in [0.15, 0.2) is 5.11 Å². The van der Waals surface area contributed by atoms with Gasteiger partial charge in [0.2, 0.25) is 3.79 Å². The van der Waals surface area contributed by atoms with Gasteiger partial charge in [0.1, 0.15) is 6.17 Å². The van der Waals surface area contributed by atoms with Crippen LogP contribution in [0.4, 0.5) is 5.69 Å². The van der Waals surface area contributed by atoms with Crippen LogP contribution in [0.5, 0.6) is 0 Å². The molecule has 1 amide bonds. The van der Waals surface area contributed by atoms with Gasteiger partial charge >= 0.3 is 0 Å². The number of non-ortho nitro benzene ring substituents is 1. The molecule has 13 heteroatoms. The van der Waals surface area contributed by atoms with Gasteiger partial charge in [-0.15, -0.1) is 0 Å². The molecule has 180 valence electrons. The molecule has 0 saturated carbocycles. The summed E-state index contributed by atoms with van der Waals surface area (Å²) in [6, 6.07) is 10.3. The van der Waals surface area contributed by atoms with E-state index in [1.165, 1.54) is 24.3 Å². The number of pyridine rings is 1. The number of rotatable bonds is 4. The fourth-order valence-corrected chi connectivity index (χ4v) is 5.02. The van der Waals surface area contributed by atoms with Gasteiger partial charge in [-0.1, -0.05) is 40.9 Å². The number of carbonyl (C=O) groups excluding carboxylic acids is 1. The van der Waals surface area contributed by atoms with Crippen molar-refractivity contribution in [3.63, 3.8) is 0 Å². The first-order valence-corrected chi connectivity index (χ1v) is 11.9. The van der Waals surface area contributed by atoms with Crippen LogP contribution in [0.1, 0.15) is 28.4 Å². The molecule has 1 fully saturated rings. The molecule has 0 aliphatic carbocycles. The molecule has 2 aliphatic rings. The number of nitrogens with one attached hydrogen (secondary N) is 2. The number of benzene rings is 1. The molecule has 1 aromatic heterocycles. The number of nitro benzene ring substituents is 1. The molecule has 2 N–H and O–H groups in total. The predicted molar refractivity (Wildman–Crippen MR) is 133 cm³/mol. The maximum Gasteiger partial charge on any atom is 0.269 e. The van der Waals surface area contributed by atoms with E-state index in [9.17, 15) is 19.7 Å². The SMILES string of the molecule is O=C(NC(NC(=S)N1CC2CC(C1)c1cccc(=O)n1C2)C(Cl)(Cl)Cl)c1ccc([N+](=O)[O-])cc1. The Morgan fingerprint density at radius 3 is 2.47 bits per heavy atom. The Bertz CT molecular complexity index is 1180. The predicted octanol–water partition coefficient (Wildman–Crippen LogP) is 3.18. The molecule has 2 aliphatic heterocycles. The van der Waals surface area contributed by atoms with Crippen LogP contribution in [0.15, 0.2) is 47.3 Å². The molecule has 34 heavy (non-hydrogen) atoms. The number of aromatic nitrogens is 1. The number of nitro groups is 1. The molecule has 2 bridgehead atoms. The molecule has 9 nitrogen and oxygen atoms in total. The van der Waals surface area contributed by atoms with Crippen LogP contribution in [0, 0.1) is 16.0 Å². The summed E-state index contributed by atoms with van der Waals surface area (Å²) in [5.41, 5.74) is 0.979. The van der Waals surface area contributed by atoms with E-state index in [1.54, 1.807) is 12.1 Å². The van der Waals surface area contributed by atoms with Crippen LogP contribution in [0.3, 0.4) is 0 Å². The van der Waals surface area contributed by atoms with Gasteiger partial charge in [0, 0.05) is 55.0 Å². The van der Waals surface area contributed by atoms with Gasteiger partial charge in [-0.2, -0.15) is 0 Å². The maximum atomic E-state index is 12.7. The summed E-state index contributed by atoms with van der Waals surface area (Å²) in [7, 11) is 0. The normalized spacial score (nSPS) is 20.1. The van der Waals surface area contributed by atoms with Crippen molar-refractivity contribution >= 4 is 63.7 Å². The highest BCUT2D eigenvalue weighted by Gasteiger charge is 2.39. The number of nitrogens with zero attached hydrogens (tertiary/aromatic N) is 3. The number of hydrogen-bond acceptors (Lipinski definition) is 5. The summed E-state index contributed by atoms with van der Waals surface area (Å²) in [5, 5.41) is 16.7. The average molecular weight is 545 g/mol. The first-order valence-electron chi connectivity index (χ1n) is 10.4. The van der Waals surface area contributed by atoms with Crippen molar-refractivity contribution in [3.8, 4) is 0 Å². The minimum absolute atomic E-state index is 0.00780. The minimum Gasteiger partial charge on any atom is -0.348 e. The van der Waals surface area contributed by atoms with Crippen molar-refractivity contribution in [1.82, 2.24) is 20.1 Å². The van der Waals surface area contributed by atoms with Crippen LogP contribution < -0.4 is 16.2 Å². The lowest BCUT2D eigenvalue weighted by Crippen LogP contribution is -2.60. The van der Waals surface area contributed by atoms with Crippen LogP contribution in [0.25, 0.3) is 0 Å². The Morgan fingerprint density at radius 1 is 1.12 bits per heavy atom. The van der Waals surface area contributed by atoms with Gasteiger partial charge in [-0.25, -0.2) is 0 Å². The van der Waals surface area contributed by atoms with E-state index >= 15 is 0 Å². The monoisotopic (exact) mass is 543 g/mol. The van der Waals surface area contributed by atoms with E-state index in [-0.39, 0.29) is 28.6 Å². The number of amides is 1. The summed E-state index contributed by atoms with van der Waals surface area (Å²) in [6.45, 7) is 1.80. The number of fused-ring (bicyclic) bond motifs is 4. The summed E-state index contributed by atoms with van der Waals surface area (Å²) in [5.74, 6) is -0.237. The highest BCUT2D eigenvalue weighted by atomic mass is 35.6. The highest BCUT2D eigenvalue weighted by molar-refractivity contribution is 7.80. The molecule has 3 heterocycles. The molecule has 4 rings (SSSR count). The number of thiocarbonyl (C=S) groups is 1. The highest BCUT2D eigenvalue weighted by Crippen LogP contribution is 2.35. The lowest BCUT2D eigenvalue weighted by molar-refractivity contribution is -0.384. The lowest BCUT2D eigenvalue weighted by Gasteiger charge is -2.44. The number of carbonyl (C=O) groups is 1. The smallest absolute Gasteiger partial charge is 0.269 e. The first-order chi connectivity index (χ1) is 16.0. The Labute approximate surface area is 215 Å². The van der Waals surface area contributed by atoms with Gasteiger partial charge in [-0.05, 0) is 42.8 Å². The molecule has 0 radical (unpaired) electrons. The standard InChI is InChI=1S/C21H20Cl3N5O4S/c22-21(23,24)19(25-18(31)13-4-6-15(7-5-13)29(32)33)26-20(34)27-9-12-8-14(11-27)16-2-1-3-17(30)28(16)10-12/h1-7,12,14,19H,8-11H2,(H,25,31)(H,26,34). The topological polar surface area (TPSA) is 110 Å². The van der Waals surface area contributed by atoms with Crippen LogP contribution >= 0.6 is 47.0 Å². The van der Waals surface area contributed by atoms with E-state index in [4.69, 9.17) is 47.0 Å². The van der Waals surface area contributed by atoms with Crippen molar-refractivity contribution in [1.29, 1.82) is 0 Å². The summed E-state index contributed by atoms with van der Waals surface area (Å²) in [4.78, 5) is 37.1. The van der Waals surface area contributed by atoms with Gasteiger partial charge < -0.3 is 20.1 Å². The third-order valence-corrected chi connectivity index (χ3v) is 7.01. The van der Waals surface area contributed by atoms with E-state index in [1.807, 2.05) is 15.5 Å². The van der Waals surface area contributed by atoms with Gasteiger partial charge in [0.25, 0.3) is 17.2 Å². The van der Waals surface area contributed by atoms with Crippen LogP contribution in [-0.2, 0) is 6.54 Å². The second-order valence-electron chi connectivity index (χ2n) is 8.30. The molecule has 1 aromatic carbocycles. The fraction of sp³-hybridized carbons (Fsp3) is 0.381. The molecular formula is C21H20Cl3N5O4S. The van der Waals surface area contributed by atoms with Crippen molar-refractivity contribution in [2.75, 3.05) is 13.1 Å². The molecular weight excluding hydrogens is 525 g/mol. The first kappa shape index (κ1) is 24.7. The summed E-state index contributed by atoms with van der Waals surface area (Å²) in [6.07, 6.45) is -0.211. The number of alkyl halides is 3. The Kier molecular flexibility index (Phi) is 7.04. The van der Waals surface area contributed by atoms with E-state index in [2.05, 4.69) is 10.6 Å². The summed E-state index contributed by atoms with van der Waals surface area (Å²) < 4.78 is -0.118.